The van der Waals surface area contributed by atoms with Crippen LogP contribution < -0.4 is 10.6 Å². The first-order chi connectivity index (χ1) is 8.70. The molecule has 0 amide bonds. The van der Waals surface area contributed by atoms with E-state index < -0.39 is 0 Å². The van der Waals surface area contributed by atoms with Crippen LogP contribution in [0.4, 0.5) is 5.82 Å². The van der Waals surface area contributed by atoms with Gasteiger partial charge in [-0.1, -0.05) is 17.3 Å². The third-order valence-electron chi connectivity index (χ3n) is 2.47. The van der Waals surface area contributed by atoms with Crippen LogP contribution in [0.25, 0.3) is 0 Å². The highest BCUT2D eigenvalue weighted by atomic mass is 32.1. The van der Waals surface area contributed by atoms with Crippen molar-refractivity contribution in [2.45, 2.75) is 6.54 Å². The van der Waals surface area contributed by atoms with Gasteiger partial charge in [0.15, 0.2) is 5.84 Å². The number of amidine groups is 1. The van der Waals surface area contributed by atoms with Crippen molar-refractivity contribution in [2.75, 3.05) is 11.9 Å². The Morgan fingerprint density at radius 3 is 2.94 bits per heavy atom. The predicted molar refractivity (Wildman–Crippen MR) is 73.2 cm³/mol. The Labute approximate surface area is 109 Å². The molecule has 0 aromatic carbocycles. The summed E-state index contributed by atoms with van der Waals surface area (Å²) in [7, 11) is 1.96. The molecule has 5 nitrogen and oxygen atoms in total. The van der Waals surface area contributed by atoms with Crippen LogP contribution in [0, 0.1) is 0 Å². The van der Waals surface area contributed by atoms with Crippen molar-refractivity contribution in [3.05, 3.63) is 46.3 Å². The zero-order valence-electron chi connectivity index (χ0n) is 9.95. The van der Waals surface area contributed by atoms with Crippen LogP contribution in [0.5, 0.6) is 0 Å². The molecule has 3 N–H and O–H groups in total. The first-order valence-corrected chi connectivity index (χ1v) is 6.27. The van der Waals surface area contributed by atoms with Crippen molar-refractivity contribution in [2.24, 2.45) is 10.9 Å². The molecule has 2 heterocycles. The van der Waals surface area contributed by atoms with Crippen molar-refractivity contribution in [1.82, 2.24) is 4.98 Å². The van der Waals surface area contributed by atoms with Crippen LogP contribution in [0.3, 0.4) is 0 Å². The molecule has 0 unspecified atom stereocenters. The lowest BCUT2D eigenvalue weighted by atomic mass is 10.3. The second kappa shape index (κ2) is 5.50. The van der Waals surface area contributed by atoms with E-state index in [2.05, 4.69) is 16.2 Å². The minimum Gasteiger partial charge on any atom is -0.409 e. The number of anilines is 1. The van der Waals surface area contributed by atoms with Crippen molar-refractivity contribution >= 4 is 23.0 Å². The summed E-state index contributed by atoms with van der Waals surface area (Å²) in [5, 5.41) is 13.6. The third kappa shape index (κ3) is 2.78. The van der Waals surface area contributed by atoms with E-state index in [-0.39, 0.29) is 5.84 Å². The maximum Gasteiger partial charge on any atom is 0.188 e. The van der Waals surface area contributed by atoms with Gasteiger partial charge >= 0.3 is 0 Å². The van der Waals surface area contributed by atoms with Gasteiger partial charge in [-0.15, -0.1) is 11.3 Å². The van der Waals surface area contributed by atoms with Gasteiger partial charge in [0.1, 0.15) is 11.5 Å². The maximum absolute atomic E-state index is 8.64. The smallest absolute Gasteiger partial charge is 0.188 e. The van der Waals surface area contributed by atoms with Crippen LogP contribution in [-0.4, -0.2) is 23.1 Å². The first-order valence-electron chi connectivity index (χ1n) is 5.39. The minimum atomic E-state index is 0.0152. The molecule has 0 atom stereocenters. The molecule has 0 fully saturated rings. The fourth-order valence-electron chi connectivity index (χ4n) is 1.55. The number of aromatic nitrogens is 1. The Morgan fingerprint density at radius 2 is 2.28 bits per heavy atom. The van der Waals surface area contributed by atoms with Crippen molar-refractivity contribution in [1.29, 1.82) is 0 Å². The number of pyridine rings is 1. The normalized spacial score (nSPS) is 11.5. The van der Waals surface area contributed by atoms with Crippen LogP contribution in [0.15, 0.2) is 40.9 Å². The van der Waals surface area contributed by atoms with E-state index in [0.717, 1.165) is 12.4 Å². The second-order valence-corrected chi connectivity index (χ2v) is 4.83. The standard InChI is InChI=1S/C12H14N4OS/c1-16(8-9-4-3-7-18-9)11-6-2-5-10(14-11)12(13)15-17/h2-7,17H,8H2,1H3,(H2,13,15). The first kappa shape index (κ1) is 12.4. The van der Waals surface area contributed by atoms with Gasteiger partial charge in [0, 0.05) is 11.9 Å². The van der Waals surface area contributed by atoms with E-state index in [9.17, 15) is 0 Å². The monoisotopic (exact) mass is 262 g/mol. The van der Waals surface area contributed by atoms with Crippen molar-refractivity contribution < 1.29 is 5.21 Å². The fourth-order valence-corrected chi connectivity index (χ4v) is 2.30. The Balaban J connectivity index is 2.17. The van der Waals surface area contributed by atoms with Gasteiger partial charge in [0.2, 0.25) is 0 Å². The van der Waals surface area contributed by atoms with Gasteiger partial charge in [-0.3, -0.25) is 0 Å². The molecular weight excluding hydrogens is 248 g/mol. The van der Waals surface area contributed by atoms with Crippen molar-refractivity contribution in [3.63, 3.8) is 0 Å². The molecule has 6 heteroatoms. The quantitative estimate of drug-likeness (QED) is 0.382. The average molecular weight is 262 g/mol. The van der Waals surface area contributed by atoms with E-state index in [1.54, 1.807) is 17.4 Å². The molecule has 2 rings (SSSR count). The molecule has 94 valence electrons. The molecule has 18 heavy (non-hydrogen) atoms. The molecule has 0 radical (unpaired) electrons. The number of thiophene rings is 1. The van der Waals surface area contributed by atoms with Crippen LogP contribution in [-0.2, 0) is 6.54 Å². The van der Waals surface area contributed by atoms with Gasteiger partial charge in [0.25, 0.3) is 0 Å². The topological polar surface area (TPSA) is 74.7 Å². The summed E-state index contributed by atoms with van der Waals surface area (Å²) in [6.45, 7) is 0.782. The zero-order valence-corrected chi connectivity index (χ0v) is 10.8. The van der Waals surface area contributed by atoms with E-state index in [4.69, 9.17) is 10.9 Å². The highest BCUT2D eigenvalue weighted by Gasteiger charge is 2.07. The summed E-state index contributed by atoms with van der Waals surface area (Å²) in [5.41, 5.74) is 5.99. The highest BCUT2D eigenvalue weighted by molar-refractivity contribution is 7.09. The van der Waals surface area contributed by atoms with Crippen molar-refractivity contribution in [3.8, 4) is 0 Å². The van der Waals surface area contributed by atoms with Gasteiger partial charge in [0.05, 0.1) is 6.54 Å². The lowest BCUT2D eigenvalue weighted by Gasteiger charge is -2.17. The number of nitrogens with two attached hydrogens (primary N) is 1. The summed E-state index contributed by atoms with van der Waals surface area (Å²) in [6, 6.07) is 9.53. The summed E-state index contributed by atoms with van der Waals surface area (Å²) in [4.78, 5) is 7.61. The number of hydrogen-bond acceptors (Lipinski definition) is 5. The number of hydrogen-bond donors (Lipinski definition) is 2. The molecular formula is C12H14N4OS. The van der Waals surface area contributed by atoms with E-state index in [0.29, 0.717) is 5.69 Å². The molecule has 0 saturated heterocycles. The molecule has 0 aliphatic carbocycles. The third-order valence-corrected chi connectivity index (χ3v) is 3.33. The van der Waals surface area contributed by atoms with Gasteiger partial charge in [-0.25, -0.2) is 4.98 Å². The molecule has 0 spiro atoms. The molecule has 2 aromatic heterocycles. The lowest BCUT2D eigenvalue weighted by Crippen LogP contribution is -2.20. The number of nitrogens with zero attached hydrogens (tertiary/aromatic N) is 3. The maximum atomic E-state index is 8.64. The lowest BCUT2D eigenvalue weighted by molar-refractivity contribution is 0.318. The Kier molecular flexibility index (Phi) is 3.78. The van der Waals surface area contributed by atoms with Gasteiger partial charge < -0.3 is 15.8 Å². The van der Waals surface area contributed by atoms with Crippen LogP contribution >= 0.6 is 11.3 Å². The number of rotatable bonds is 4. The largest absolute Gasteiger partial charge is 0.409 e. The molecule has 2 aromatic rings. The molecule has 0 aliphatic rings. The Bertz CT molecular complexity index is 539. The summed E-state index contributed by atoms with van der Waals surface area (Å²) in [5.74, 6) is 0.800. The Hall–Kier alpha value is -2.08. The summed E-state index contributed by atoms with van der Waals surface area (Å²) < 4.78 is 0. The predicted octanol–water partition coefficient (Wildman–Crippen LogP) is 1.87. The van der Waals surface area contributed by atoms with Crippen LogP contribution in [0.1, 0.15) is 10.6 Å². The second-order valence-electron chi connectivity index (χ2n) is 3.80. The minimum absolute atomic E-state index is 0.0152. The van der Waals surface area contributed by atoms with Gasteiger partial charge in [-0.2, -0.15) is 0 Å². The van der Waals surface area contributed by atoms with Gasteiger partial charge in [-0.05, 0) is 23.6 Å². The summed E-state index contributed by atoms with van der Waals surface area (Å²) >= 11 is 1.70. The van der Waals surface area contributed by atoms with E-state index in [1.165, 1.54) is 4.88 Å². The highest BCUT2D eigenvalue weighted by Crippen LogP contribution is 2.16. The summed E-state index contributed by atoms with van der Waals surface area (Å²) in [6.07, 6.45) is 0. The zero-order chi connectivity index (χ0) is 13.0. The van der Waals surface area contributed by atoms with E-state index >= 15 is 0 Å². The number of oxime groups is 1. The molecule has 0 bridgehead atoms. The van der Waals surface area contributed by atoms with Crippen LogP contribution in [0.2, 0.25) is 0 Å². The SMILES string of the molecule is CN(Cc1cccs1)c1cccc(C(N)=NO)n1. The average Bonchev–Trinajstić information content (AvgIpc) is 2.90. The fraction of sp³-hybridized carbons (Fsp3) is 0.167. The van der Waals surface area contributed by atoms with E-state index in [1.807, 2.05) is 35.5 Å². The molecule has 0 saturated carbocycles. The molecule has 0 aliphatic heterocycles. The Morgan fingerprint density at radius 1 is 1.44 bits per heavy atom.